The van der Waals surface area contributed by atoms with Gasteiger partial charge in [0.25, 0.3) is 0 Å². The van der Waals surface area contributed by atoms with Gasteiger partial charge in [-0.05, 0) is 0 Å². The molecule has 1 aliphatic heterocycles. The van der Waals surface area contributed by atoms with Crippen LogP contribution in [0, 0.1) is 0 Å². The minimum Gasteiger partial charge on any atom is -0.378 e. The molecule has 0 radical (unpaired) electrons. The number of hydrogen-bond donors (Lipinski definition) is 1. The third-order valence-corrected chi connectivity index (χ3v) is 2.97. The van der Waals surface area contributed by atoms with Crippen molar-refractivity contribution in [3.05, 3.63) is 18.7 Å². The molecule has 15 heavy (non-hydrogen) atoms. The summed E-state index contributed by atoms with van der Waals surface area (Å²) in [5.41, 5.74) is 5.56. The van der Waals surface area contributed by atoms with Gasteiger partial charge in [-0.2, -0.15) is 0 Å². The Hall–Kier alpha value is -0.910. The largest absolute Gasteiger partial charge is 0.378 e. The van der Waals surface area contributed by atoms with Crippen molar-refractivity contribution in [1.82, 2.24) is 14.5 Å². The second-order valence-corrected chi connectivity index (χ2v) is 3.90. The lowest BCUT2D eigenvalue weighted by Crippen LogP contribution is -2.28. The zero-order valence-corrected chi connectivity index (χ0v) is 9.04. The molecule has 0 unspecified atom stereocenters. The van der Waals surface area contributed by atoms with E-state index in [1.165, 1.54) is 0 Å². The highest BCUT2D eigenvalue weighted by atomic mass is 16.5. The van der Waals surface area contributed by atoms with Gasteiger partial charge in [0.2, 0.25) is 0 Å². The molecule has 1 aromatic rings. The molecule has 1 aromatic heterocycles. The SMILES string of the molecule is CO[C@H]1CN(CCN)C[C@H]1n1ccnc1. The summed E-state index contributed by atoms with van der Waals surface area (Å²) in [6.45, 7) is 3.58. The molecule has 0 spiro atoms. The number of rotatable bonds is 4. The van der Waals surface area contributed by atoms with Crippen molar-refractivity contribution >= 4 is 0 Å². The zero-order chi connectivity index (χ0) is 10.7. The summed E-state index contributed by atoms with van der Waals surface area (Å²) < 4.78 is 7.61. The average Bonchev–Trinajstić information content (AvgIpc) is 2.84. The van der Waals surface area contributed by atoms with Crippen LogP contribution in [0.1, 0.15) is 6.04 Å². The summed E-state index contributed by atoms with van der Waals surface area (Å²) in [5, 5.41) is 0. The normalized spacial score (nSPS) is 27.3. The van der Waals surface area contributed by atoms with Crippen LogP contribution in [0.15, 0.2) is 18.7 Å². The molecule has 0 saturated carbocycles. The van der Waals surface area contributed by atoms with E-state index in [4.69, 9.17) is 10.5 Å². The number of nitrogens with zero attached hydrogens (tertiary/aromatic N) is 3. The Morgan fingerprint density at radius 2 is 2.40 bits per heavy atom. The van der Waals surface area contributed by atoms with Gasteiger partial charge in [0.15, 0.2) is 0 Å². The zero-order valence-electron chi connectivity index (χ0n) is 9.04. The summed E-state index contributed by atoms with van der Waals surface area (Å²) in [4.78, 5) is 6.40. The highest BCUT2D eigenvalue weighted by molar-refractivity contribution is 4.92. The van der Waals surface area contributed by atoms with E-state index in [0.717, 1.165) is 19.6 Å². The maximum absolute atomic E-state index is 5.56. The van der Waals surface area contributed by atoms with Gasteiger partial charge < -0.3 is 15.0 Å². The molecule has 0 aromatic carbocycles. The highest BCUT2D eigenvalue weighted by Gasteiger charge is 2.33. The van der Waals surface area contributed by atoms with Crippen LogP contribution in [-0.2, 0) is 4.74 Å². The average molecular weight is 210 g/mol. The third-order valence-electron chi connectivity index (χ3n) is 2.97. The van der Waals surface area contributed by atoms with Crippen LogP contribution in [0.4, 0.5) is 0 Å². The number of methoxy groups -OCH3 is 1. The molecule has 0 bridgehead atoms. The highest BCUT2D eigenvalue weighted by Crippen LogP contribution is 2.23. The molecule has 0 aliphatic carbocycles. The molecule has 2 rings (SSSR count). The van der Waals surface area contributed by atoms with Gasteiger partial charge in [0.05, 0.1) is 18.5 Å². The van der Waals surface area contributed by atoms with E-state index in [0.29, 0.717) is 12.6 Å². The summed E-state index contributed by atoms with van der Waals surface area (Å²) in [6, 6.07) is 0.365. The van der Waals surface area contributed by atoms with Crippen LogP contribution in [-0.4, -0.2) is 53.8 Å². The summed E-state index contributed by atoms with van der Waals surface area (Å²) in [7, 11) is 1.76. The Morgan fingerprint density at radius 3 is 3.00 bits per heavy atom. The van der Waals surface area contributed by atoms with Crippen LogP contribution in [0.3, 0.4) is 0 Å². The fourth-order valence-electron chi connectivity index (χ4n) is 2.18. The van der Waals surface area contributed by atoms with E-state index in [1.54, 1.807) is 13.3 Å². The molecule has 1 saturated heterocycles. The number of imidazole rings is 1. The third kappa shape index (κ3) is 2.19. The van der Waals surface area contributed by atoms with E-state index in [1.807, 2.05) is 12.5 Å². The Bertz CT molecular complexity index is 288. The Labute approximate surface area is 89.8 Å². The van der Waals surface area contributed by atoms with E-state index in [-0.39, 0.29) is 6.10 Å². The molecule has 1 fully saturated rings. The van der Waals surface area contributed by atoms with Gasteiger partial charge in [0.1, 0.15) is 0 Å². The maximum Gasteiger partial charge on any atom is 0.0949 e. The van der Waals surface area contributed by atoms with Crippen LogP contribution >= 0.6 is 0 Å². The van der Waals surface area contributed by atoms with Crippen LogP contribution < -0.4 is 5.73 Å². The molecule has 2 heterocycles. The maximum atomic E-state index is 5.56. The number of ether oxygens (including phenoxy) is 1. The van der Waals surface area contributed by atoms with Gasteiger partial charge in [-0.15, -0.1) is 0 Å². The minimum absolute atomic E-state index is 0.241. The van der Waals surface area contributed by atoms with E-state index in [2.05, 4.69) is 14.5 Å². The summed E-state index contributed by atoms with van der Waals surface area (Å²) >= 11 is 0. The monoisotopic (exact) mass is 210 g/mol. The van der Waals surface area contributed by atoms with Crippen LogP contribution in [0.5, 0.6) is 0 Å². The first kappa shape index (κ1) is 10.6. The number of aromatic nitrogens is 2. The Morgan fingerprint density at radius 1 is 1.53 bits per heavy atom. The molecule has 84 valence electrons. The van der Waals surface area contributed by atoms with Crippen molar-refractivity contribution in [2.45, 2.75) is 12.1 Å². The topological polar surface area (TPSA) is 56.3 Å². The summed E-state index contributed by atoms with van der Waals surface area (Å²) in [5.74, 6) is 0. The van der Waals surface area contributed by atoms with Gasteiger partial charge in [-0.3, -0.25) is 4.90 Å². The van der Waals surface area contributed by atoms with Crippen molar-refractivity contribution in [1.29, 1.82) is 0 Å². The Balaban J connectivity index is 2.04. The molecule has 1 aliphatic rings. The smallest absolute Gasteiger partial charge is 0.0949 e. The fraction of sp³-hybridized carbons (Fsp3) is 0.700. The first-order chi connectivity index (χ1) is 7.35. The van der Waals surface area contributed by atoms with Gasteiger partial charge >= 0.3 is 0 Å². The molecule has 2 N–H and O–H groups in total. The van der Waals surface area contributed by atoms with Crippen LogP contribution in [0.25, 0.3) is 0 Å². The van der Waals surface area contributed by atoms with Gasteiger partial charge in [0, 0.05) is 45.7 Å². The standard InChI is InChI=1S/C10H18N4O/c1-15-10-7-13(4-2-11)6-9(10)14-5-3-12-8-14/h3,5,8-10H,2,4,6-7,11H2,1H3/t9-,10+/m1/s1. The second-order valence-electron chi connectivity index (χ2n) is 3.90. The fourth-order valence-corrected chi connectivity index (χ4v) is 2.18. The molecule has 2 atom stereocenters. The predicted molar refractivity (Wildman–Crippen MR) is 57.6 cm³/mol. The first-order valence-corrected chi connectivity index (χ1v) is 5.28. The Kier molecular flexibility index (Phi) is 3.35. The number of nitrogens with two attached hydrogens (primary N) is 1. The van der Waals surface area contributed by atoms with Crippen molar-refractivity contribution in [2.24, 2.45) is 5.73 Å². The predicted octanol–water partition coefficient (Wildman–Crippen LogP) is -0.286. The quantitative estimate of drug-likeness (QED) is 0.742. The molecule has 5 heteroatoms. The molecular weight excluding hydrogens is 192 g/mol. The van der Waals surface area contributed by atoms with Gasteiger partial charge in [-0.1, -0.05) is 0 Å². The van der Waals surface area contributed by atoms with Crippen molar-refractivity contribution in [2.75, 3.05) is 33.3 Å². The van der Waals surface area contributed by atoms with Gasteiger partial charge in [-0.25, -0.2) is 4.98 Å². The van der Waals surface area contributed by atoms with Crippen molar-refractivity contribution < 1.29 is 4.74 Å². The summed E-state index contributed by atoms with van der Waals surface area (Å²) in [6.07, 6.45) is 5.88. The molecular formula is C10H18N4O. The van der Waals surface area contributed by atoms with Crippen molar-refractivity contribution in [3.63, 3.8) is 0 Å². The van der Waals surface area contributed by atoms with E-state index in [9.17, 15) is 0 Å². The minimum atomic E-state index is 0.241. The van der Waals surface area contributed by atoms with Crippen molar-refractivity contribution in [3.8, 4) is 0 Å². The number of likely N-dealkylation sites (tertiary alicyclic amines) is 1. The second kappa shape index (κ2) is 4.74. The molecule has 5 nitrogen and oxygen atoms in total. The van der Waals surface area contributed by atoms with E-state index >= 15 is 0 Å². The lowest BCUT2D eigenvalue weighted by molar-refractivity contribution is 0.0817. The molecule has 0 amide bonds. The first-order valence-electron chi connectivity index (χ1n) is 5.28. The lowest BCUT2D eigenvalue weighted by atomic mass is 10.2. The van der Waals surface area contributed by atoms with E-state index < -0.39 is 0 Å². The number of hydrogen-bond acceptors (Lipinski definition) is 4. The lowest BCUT2D eigenvalue weighted by Gasteiger charge is -2.17. The van der Waals surface area contributed by atoms with Crippen LogP contribution in [0.2, 0.25) is 0 Å².